The number of benzene rings is 2. The van der Waals surface area contributed by atoms with E-state index in [1.807, 2.05) is 12.1 Å². The van der Waals surface area contributed by atoms with Gasteiger partial charge in [0, 0.05) is 6.07 Å². The number of hydrogen-bond acceptors (Lipinski definition) is 4. The maximum atomic E-state index is 13.6. The Kier molecular flexibility index (Phi) is 5.69. The number of anilines is 1. The maximum absolute atomic E-state index is 13.6. The second kappa shape index (κ2) is 8.16. The summed E-state index contributed by atoms with van der Waals surface area (Å²) in [6.45, 7) is 1.01. The molecule has 1 aliphatic rings. The summed E-state index contributed by atoms with van der Waals surface area (Å²) >= 11 is 0. The highest BCUT2D eigenvalue weighted by Crippen LogP contribution is 2.26. The highest BCUT2D eigenvalue weighted by molar-refractivity contribution is 5.95. The van der Waals surface area contributed by atoms with Crippen LogP contribution in [0.2, 0.25) is 0 Å². The summed E-state index contributed by atoms with van der Waals surface area (Å²) in [6, 6.07) is 8.44. The molecule has 2 aromatic rings. The first-order valence-electron chi connectivity index (χ1n) is 8.62. The van der Waals surface area contributed by atoms with Crippen LogP contribution in [-0.4, -0.2) is 24.6 Å². The largest absolute Gasteiger partial charge is 0.482 e. The van der Waals surface area contributed by atoms with Crippen LogP contribution >= 0.6 is 0 Å². The fraction of sp³-hybridized carbons (Fsp3) is 0.300. The second-order valence-electron chi connectivity index (χ2n) is 6.32. The molecule has 0 radical (unpaired) electrons. The number of carbonyl (C=O) groups excluding carboxylic acids is 2. The quantitative estimate of drug-likeness (QED) is 0.786. The Hall–Kier alpha value is -2.96. The molecule has 0 fully saturated rings. The second-order valence-corrected chi connectivity index (χ2v) is 6.32. The highest BCUT2D eigenvalue weighted by atomic mass is 19.1. The van der Waals surface area contributed by atoms with Crippen molar-refractivity contribution in [2.75, 3.05) is 11.9 Å². The van der Waals surface area contributed by atoms with Gasteiger partial charge in [-0.2, -0.15) is 0 Å². The third kappa shape index (κ3) is 4.81. The van der Waals surface area contributed by atoms with Crippen molar-refractivity contribution in [2.24, 2.45) is 0 Å². The lowest BCUT2D eigenvalue weighted by Gasteiger charge is -2.14. The average molecular weight is 375 g/mol. The summed E-state index contributed by atoms with van der Waals surface area (Å²) in [6.07, 6.45) is 2.00. The summed E-state index contributed by atoms with van der Waals surface area (Å²) in [7, 11) is 0. The van der Waals surface area contributed by atoms with Gasteiger partial charge >= 0.3 is 5.97 Å². The minimum atomic E-state index is -1.16. The maximum Gasteiger partial charge on any atom is 0.344 e. The first-order valence-corrected chi connectivity index (χ1v) is 8.62. The smallest absolute Gasteiger partial charge is 0.344 e. The molecule has 7 heteroatoms. The fourth-order valence-electron chi connectivity index (χ4n) is 2.89. The number of carbonyl (C=O) groups is 2. The van der Waals surface area contributed by atoms with E-state index < -0.39 is 29.6 Å². The van der Waals surface area contributed by atoms with Gasteiger partial charge in [0.05, 0.1) is 5.69 Å². The first-order chi connectivity index (χ1) is 12.9. The van der Waals surface area contributed by atoms with Crippen LogP contribution in [0.15, 0.2) is 36.4 Å². The molecule has 2 aromatic carbocycles. The first kappa shape index (κ1) is 18.8. The predicted octanol–water partition coefficient (Wildman–Crippen LogP) is 3.40. The summed E-state index contributed by atoms with van der Waals surface area (Å²) in [4.78, 5) is 23.9. The molecule has 5 nitrogen and oxygen atoms in total. The molecule has 0 saturated carbocycles. The molecule has 0 unspecified atom stereocenters. The standard InChI is InChI=1S/C20H19F2NO4/c1-12(20(25)23-18-8-6-15(21)10-17(18)22)27-19(24)11-26-16-7-5-13-3-2-4-14(13)9-16/h5-10,12H,2-4,11H2,1H3,(H,23,25)/t12-/m0/s1. The van der Waals surface area contributed by atoms with Crippen molar-refractivity contribution in [3.63, 3.8) is 0 Å². The van der Waals surface area contributed by atoms with Crippen LogP contribution in [-0.2, 0) is 27.2 Å². The molecule has 1 N–H and O–H groups in total. The number of nitrogens with one attached hydrogen (secondary N) is 1. The SMILES string of the molecule is C[C@H](OC(=O)COc1ccc2c(c1)CCC2)C(=O)Nc1ccc(F)cc1F. The Balaban J connectivity index is 1.48. The summed E-state index contributed by atoms with van der Waals surface area (Å²) in [5.41, 5.74) is 2.32. The van der Waals surface area contributed by atoms with Gasteiger partial charge in [-0.1, -0.05) is 6.07 Å². The number of ether oxygens (including phenoxy) is 2. The monoisotopic (exact) mass is 375 g/mol. The van der Waals surface area contributed by atoms with Gasteiger partial charge in [0.2, 0.25) is 0 Å². The van der Waals surface area contributed by atoms with E-state index in [-0.39, 0.29) is 12.3 Å². The Bertz CT molecular complexity index is 869. The van der Waals surface area contributed by atoms with E-state index in [1.54, 1.807) is 6.07 Å². The van der Waals surface area contributed by atoms with E-state index in [1.165, 1.54) is 18.1 Å². The van der Waals surface area contributed by atoms with E-state index in [4.69, 9.17) is 9.47 Å². The van der Waals surface area contributed by atoms with Crippen LogP contribution in [0.4, 0.5) is 14.5 Å². The summed E-state index contributed by atoms with van der Waals surface area (Å²) in [5, 5.41) is 2.25. The van der Waals surface area contributed by atoms with Gasteiger partial charge in [0.15, 0.2) is 12.7 Å². The number of hydrogen-bond donors (Lipinski definition) is 1. The third-order valence-corrected chi connectivity index (χ3v) is 4.29. The zero-order valence-electron chi connectivity index (χ0n) is 14.8. The van der Waals surface area contributed by atoms with Crippen LogP contribution in [0.25, 0.3) is 0 Å². The van der Waals surface area contributed by atoms with E-state index in [0.717, 1.165) is 31.4 Å². The molecular formula is C20H19F2NO4. The van der Waals surface area contributed by atoms with Gasteiger partial charge in [-0.15, -0.1) is 0 Å². The van der Waals surface area contributed by atoms with Crippen LogP contribution < -0.4 is 10.1 Å². The molecule has 0 aliphatic heterocycles. The number of aryl methyl sites for hydroxylation is 2. The Morgan fingerprint density at radius 1 is 1.11 bits per heavy atom. The van der Waals surface area contributed by atoms with E-state index >= 15 is 0 Å². The molecule has 0 bridgehead atoms. The summed E-state index contributed by atoms with van der Waals surface area (Å²) < 4.78 is 36.8. The van der Waals surface area contributed by atoms with Gasteiger partial charge in [-0.3, -0.25) is 4.79 Å². The number of fused-ring (bicyclic) bond motifs is 1. The number of halogens is 2. The minimum absolute atomic E-state index is 0.196. The normalized spacial score (nSPS) is 13.6. The third-order valence-electron chi connectivity index (χ3n) is 4.29. The topological polar surface area (TPSA) is 64.6 Å². The van der Waals surface area contributed by atoms with Crippen LogP contribution in [0.1, 0.15) is 24.5 Å². The minimum Gasteiger partial charge on any atom is -0.482 e. The predicted molar refractivity (Wildman–Crippen MR) is 94.5 cm³/mol. The van der Waals surface area contributed by atoms with Crippen LogP contribution in [0.5, 0.6) is 5.75 Å². The van der Waals surface area contributed by atoms with Crippen LogP contribution in [0, 0.1) is 11.6 Å². The molecule has 3 rings (SSSR count). The molecular weight excluding hydrogens is 356 g/mol. The molecule has 0 saturated heterocycles. The van der Waals surface area contributed by atoms with Crippen molar-refractivity contribution in [3.05, 3.63) is 59.2 Å². The van der Waals surface area contributed by atoms with E-state index in [9.17, 15) is 18.4 Å². The van der Waals surface area contributed by atoms with Gasteiger partial charge < -0.3 is 14.8 Å². The summed E-state index contributed by atoms with van der Waals surface area (Å²) in [5.74, 6) is -2.56. The number of esters is 1. The average Bonchev–Trinajstić information content (AvgIpc) is 3.10. The lowest BCUT2D eigenvalue weighted by atomic mass is 10.1. The fourth-order valence-corrected chi connectivity index (χ4v) is 2.89. The Labute approximate surface area is 155 Å². The molecule has 0 spiro atoms. The Morgan fingerprint density at radius 3 is 2.67 bits per heavy atom. The molecule has 27 heavy (non-hydrogen) atoms. The van der Waals surface area contributed by atoms with E-state index in [0.29, 0.717) is 11.8 Å². The van der Waals surface area contributed by atoms with Crippen molar-refractivity contribution < 1.29 is 27.8 Å². The number of rotatable bonds is 6. The molecule has 1 amide bonds. The van der Waals surface area contributed by atoms with Crippen molar-refractivity contribution >= 4 is 17.6 Å². The molecule has 0 heterocycles. The Morgan fingerprint density at radius 2 is 1.89 bits per heavy atom. The molecule has 1 aliphatic carbocycles. The van der Waals surface area contributed by atoms with E-state index in [2.05, 4.69) is 5.32 Å². The molecule has 1 atom stereocenters. The number of amides is 1. The van der Waals surface area contributed by atoms with Gasteiger partial charge in [0.25, 0.3) is 5.91 Å². The van der Waals surface area contributed by atoms with Crippen molar-refractivity contribution in [1.82, 2.24) is 0 Å². The van der Waals surface area contributed by atoms with Gasteiger partial charge in [0.1, 0.15) is 17.4 Å². The zero-order chi connectivity index (χ0) is 19.4. The van der Waals surface area contributed by atoms with Crippen LogP contribution in [0.3, 0.4) is 0 Å². The lowest BCUT2D eigenvalue weighted by Crippen LogP contribution is -2.32. The van der Waals surface area contributed by atoms with Gasteiger partial charge in [-0.25, -0.2) is 13.6 Å². The van der Waals surface area contributed by atoms with Crippen molar-refractivity contribution in [3.8, 4) is 5.75 Å². The lowest BCUT2D eigenvalue weighted by molar-refractivity contribution is -0.155. The zero-order valence-corrected chi connectivity index (χ0v) is 14.8. The van der Waals surface area contributed by atoms with Crippen molar-refractivity contribution in [1.29, 1.82) is 0 Å². The molecule has 0 aromatic heterocycles. The van der Waals surface area contributed by atoms with Gasteiger partial charge in [-0.05, 0) is 61.6 Å². The van der Waals surface area contributed by atoms with Crippen molar-refractivity contribution in [2.45, 2.75) is 32.3 Å². The highest BCUT2D eigenvalue weighted by Gasteiger charge is 2.20. The molecule has 142 valence electrons.